The molecule has 0 N–H and O–H groups in total. The zero-order chi connectivity index (χ0) is 10.7. The van der Waals surface area contributed by atoms with Gasteiger partial charge in [-0.3, -0.25) is 9.89 Å². The van der Waals surface area contributed by atoms with E-state index in [2.05, 4.69) is 11.9 Å². The second-order valence-corrected chi connectivity index (χ2v) is 5.20. The van der Waals surface area contributed by atoms with Crippen LogP contribution in [0.15, 0.2) is 4.99 Å². The number of hydrogen-bond donors (Lipinski definition) is 0. The fourth-order valence-electron chi connectivity index (χ4n) is 3.73. The van der Waals surface area contributed by atoms with Crippen LogP contribution in [0.1, 0.15) is 26.7 Å². The number of alkyl halides is 1. The predicted octanol–water partition coefficient (Wildman–Crippen LogP) is 2.15. The van der Waals surface area contributed by atoms with Crippen LogP contribution < -0.4 is 0 Å². The number of rotatable bonds is 1. The van der Waals surface area contributed by atoms with Crippen LogP contribution >= 0.6 is 0 Å². The van der Waals surface area contributed by atoms with Crippen molar-refractivity contribution in [1.82, 2.24) is 4.90 Å². The molecule has 0 amide bonds. The highest BCUT2D eigenvalue weighted by atomic mass is 19.1. The van der Waals surface area contributed by atoms with Crippen molar-refractivity contribution in [2.24, 2.45) is 16.8 Å². The predicted molar refractivity (Wildman–Crippen MR) is 54.2 cm³/mol. The van der Waals surface area contributed by atoms with Gasteiger partial charge in [-0.25, -0.2) is 4.39 Å². The molecule has 2 nitrogen and oxygen atoms in total. The number of aliphatic imine (C=N–C) groups is 1. The van der Waals surface area contributed by atoms with Gasteiger partial charge in [-0.05, 0) is 24.7 Å². The Labute approximate surface area is 88.4 Å². The molecule has 6 unspecified atom stereocenters. The summed E-state index contributed by atoms with van der Waals surface area (Å²) in [6, 6.07) is 0.148. The molecule has 4 heteroatoms. The lowest BCUT2D eigenvalue weighted by atomic mass is 9.71. The highest BCUT2D eigenvalue weighted by Gasteiger charge is 2.63. The lowest BCUT2D eigenvalue weighted by molar-refractivity contribution is -0.111. The summed E-state index contributed by atoms with van der Waals surface area (Å²) in [6.07, 6.45) is 1.17. The monoisotopic (exact) mass is 214 g/mol. The molecule has 0 radical (unpaired) electrons. The summed E-state index contributed by atoms with van der Waals surface area (Å²) in [5, 5.41) is 0. The second-order valence-electron chi connectivity index (χ2n) is 5.20. The van der Waals surface area contributed by atoms with Gasteiger partial charge in [0.05, 0.1) is 0 Å². The van der Waals surface area contributed by atoms with Gasteiger partial charge < -0.3 is 0 Å². The maximum Gasteiger partial charge on any atom is 0.181 e. The van der Waals surface area contributed by atoms with Gasteiger partial charge in [0.1, 0.15) is 6.04 Å². The van der Waals surface area contributed by atoms with Crippen molar-refractivity contribution in [1.29, 1.82) is 0 Å². The van der Waals surface area contributed by atoms with Crippen LogP contribution in [0.25, 0.3) is 0 Å². The van der Waals surface area contributed by atoms with Crippen molar-refractivity contribution >= 4 is 5.97 Å². The Balaban J connectivity index is 1.77. The molecule has 2 heterocycles. The first-order chi connectivity index (χ1) is 7.09. The largest absolute Gasteiger partial charge is 0.263 e. The summed E-state index contributed by atoms with van der Waals surface area (Å²) < 4.78 is 26.4. The highest BCUT2D eigenvalue weighted by Crippen LogP contribution is 2.54. The molecule has 0 aromatic carbocycles. The molecule has 1 aliphatic carbocycles. The quantitative estimate of drug-likeness (QED) is 0.482. The summed E-state index contributed by atoms with van der Waals surface area (Å²) >= 11 is 0. The normalized spacial score (nSPS) is 54.3. The third-order valence-electron chi connectivity index (χ3n) is 4.30. The second kappa shape index (κ2) is 3.00. The van der Waals surface area contributed by atoms with E-state index < -0.39 is 18.3 Å². The summed E-state index contributed by atoms with van der Waals surface area (Å²) in [7, 11) is 0. The first kappa shape index (κ1) is 9.70. The highest BCUT2D eigenvalue weighted by molar-refractivity contribution is 5.72. The van der Waals surface area contributed by atoms with Crippen molar-refractivity contribution in [3.8, 4) is 0 Å². The third kappa shape index (κ3) is 1.14. The molecule has 0 aromatic heterocycles. The van der Waals surface area contributed by atoms with E-state index in [1.54, 1.807) is 0 Å². The first-order valence-corrected chi connectivity index (χ1v) is 5.71. The third-order valence-corrected chi connectivity index (χ3v) is 4.30. The van der Waals surface area contributed by atoms with Crippen LogP contribution in [-0.2, 0) is 0 Å². The van der Waals surface area contributed by atoms with E-state index in [9.17, 15) is 8.78 Å². The van der Waals surface area contributed by atoms with Gasteiger partial charge in [0.25, 0.3) is 0 Å². The zero-order valence-corrected chi connectivity index (χ0v) is 9.03. The van der Waals surface area contributed by atoms with Crippen molar-refractivity contribution < 1.29 is 8.78 Å². The maximum absolute atomic E-state index is 13.8. The minimum Gasteiger partial charge on any atom is -0.263 e. The molecular formula is C11H16F2N2. The van der Waals surface area contributed by atoms with E-state index in [1.807, 2.05) is 4.90 Å². The average molecular weight is 214 g/mol. The van der Waals surface area contributed by atoms with Crippen molar-refractivity contribution in [3.05, 3.63) is 0 Å². The van der Waals surface area contributed by atoms with Gasteiger partial charge in [0, 0.05) is 19.0 Å². The Hall–Kier alpha value is -0.510. The Bertz CT molecular complexity index is 314. The Morgan fingerprint density at radius 2 is 2.13 bits per heavy atom. The van der Waals surface area contributed by atoms with Crippen LogP contribution in [0.2, 0.25) is 0 Å². The average Bonchev–Trinajstić information content (AvgIpc) is 2.44. The lowest BCUT2D eigenvalue weighted by Gasteiger charge is -2.51. The molecule has 15 heavy (non-hydrogen) atoms. The van der Waals surface area contributed by atoms with E-state index in [-0.39, 0.29) is 6.04 Å². The Kier molecular flexibility index (Phi) is 1.94. The number of nitrogens with zero attached hydrogens (tertiary/aromatic N) is 2. The van der Waals surface area contributed by atoms with E-state index in [0.717, 1.165) is 6.42 Å². The fraction of sp³-hybridized carbons (Fsp3) is 0.909. The molecule has 2 saturated heterocycles. The van der Waals surface area contributed by atoms with Gasteiger partial charge in [0.2, 0.25) is 0 Å². The van der Waals surface area contributed by atoms with Crippen LogP contribution in [-0.4, -0.2) is 35.3 Å². The van der Waals surface area contributed by atoms with Gasteiger partial charge >= 0.3 is 0 Å². The first-order valence-electron chi connectivity index (χ1n) is 5.71. The topological polar surface area (TPSA) is 15.6 Å². The van der Waals surface area contributed by atoms with Gasteiger partial charge in [-0.15, -0.1) is 0 Å². The Morgan fingerprint density at radius 3 is 2.73 bits per heavy atom. The standard InChI is InChI=1S/C11H16F2N2/c1-5-3-7-4-8-9(14-6(2)12)11(13)15(8)10(5)7/h5,7-11H,3-4H2,1-2H3. The van der Waals surface area contributed by atoms with E-state index in [0.29, 0.717) is 17.9 Å². The van der Waals surface area contributed by atoms with Crippen LogP contribution in [0.3, 0.4) is 0 Å². The maximum atomic E-state index is 13.8. The lowest BCUT2D eigenvalue weighted by Crippen LogP contribution is -2.66. The smallest absolute Gasteiger partial charge is 0.181 e. The summed E-state index contributed by atoms with van der Waals surface area (Å²) in [5.74, 6) is 0.757. The minimum atomic E-state index is -1.04. The molecule has 3 rings (SSSR count). The van der Waals surface area contributed by atoms with Crippen molar-refractivity contribution in [3.63, 3.8) is 0 Å². The molecule has 6 atom stereocenters. The van der Waals surface area contributed by atoms with E-state index >= 15 is 0 Å². The van der Waals surface area contributed by atoms with Crippen LogP contribution in [0, 0.1) is 11.8 Å². The van der Waals surface area contributed by atoms with Gasteiger partial charge in [0.15, 0.2) is 12.3 Å². The Morgan fingerprint density at radius 1 is 1.40 bits per heavy atom. The number of hydrogen-bond acceptors (Lipinski definition) is 2. The molecular weight excluding hydrogens is 198 g/mol. The van der Waals surface area contributed by atoms with Gasteiger partial charge in [-0.2, -0.15) is 4.39 Å². The van der Waals surface area contributed by atoms with Crippen LogP contribution in [0.4, 0.5) is 8.78 Å². The van der Waals surface area contributed by atoms with E-state index in [1.165, 1.54) is 13.3 Å². The fourth-order valence-corrected chi connectivity index (χ4v) is 3.73. The minimum absolute atomic E-state index is 0.172. The zero-order valence-electron chi connectivity index (χ0n) is 9.03. The molecule has 2 aliphatic heterocycles. The number of halogens is 2. The van der Waals surface area contributed by atoms with Crippen LogP contribution in [0.5, 0.6) is 0 Å². The molecule has 0 aromatic rings. The SMILES string of the molecule is CC(F)=NC1C(F)N2C1CC1CC(C)C12. The van der Waals surface area contributed by atoms with E-state index in [4.69, 9.17) is 0 Å². The molecule has 3 fully saturated rings. The summed E-state index contributed by atoms with van der Waals surface area (Å²) in [5.41, 5.74) is 0. The molecule has 0 spiro atoms. The molecule has 0 bridgehead atoms. The van der Waals surface area contributed by atoms with Crippen molar-refractivity contribution in [2.45, 2.75) is 51.1 Å². The number of fused-ring (bicyclic) bond motifs is 3. The van der Waals surface area contributed by atoms with Crippen molar-refractivity contribution in [2.75, 3.05) is 0 Å². The molecule has 3 aliphatic rings. The summed E-state index contributed by atoms with van der Waals surface area (Å²) in [4.78, 5) is 5.69. The summed E-state index contributed by atoms with van der Waals surface area (Å²) in [6.45, 7) is 3.47. The molecule has 84 valence electrons. The van der Waals surface area contributed by atoms with Gasteiger partial charge in [-0.1, -0.05) is 6.92 Å². The molecule has 1 saturated carbocycles.